The molecule has 0 fully saturated rings. The van der Waals surface area contributed by atoms with E-state index in [0.29, 0.717) is 10.0 Å². The SMILES string of the molecule is CCc1cc(CC(N)Cc2ccc(Cl)cc2Cl)n(CC)n1. The van der Waals surface area contributed by atoms with E-state index in [4.69, 9.17) is 28.9 Å². The molecule has 5 heteroatoms. The maximum absolute atomic E-state index is 6.29. The lowest BCUT2D eigenvalue weighted by molar-refractivity contribution is 0.573. The van der Waals surface area contributed by atoms with Crippen molar-refractivity contribution in [1.29, 1.82) is 0 Å². The highest BCUT2D eigenvalue weighted by molar-refractivity contribution is 6.35. The summed E-state index contributed by atoms with van der Waals surface area (Å²) in [5, 5.41) is 5.88. The molecule has 1 aromatic heterocycles. The van der Waals surface area contributed by atoms with Crippen molar-refractivity contribution in [3.63, 3.8) is 0 Å². The molecular formula is C16H21Cl2N3. The predicted octanol–water partition coefficient (Wildman–Crippen LogP) is 3.88. The second-order valence-electron chi connectivity index (χ2n) is 5.20. The van der Waals surface area contributed by atoms with Crippen molar-refractivity contribution in [1.82, 2.24) is 9.78 Å². The van der Waals surface area contributed by atoms with E-state index in [1.807, 2.05) is 16.8 Å². The molecule has 1 heterocycles. The van der Waals surface area contributed by atoms with E-state index in [1.54, 1.807) is 6.07 Å². The number of hydrogen-bond acceptors (Lipinski definition) is 2. The maximum Gasteiger partial charge on any atom is 0.0624 e. The minimum absolute atomic E-state index is 0.00961. The van der Waals surface area contributed by atoms with Gasteiger partial charge in [0.05, 0.1) is 5.69 Å². The Hall–Kier alpha value is -1.03. The van der Waals surface area contributed by atoms with E-state index < -0.39 is 0 Å². The van der Waals surface area contributed by atoms with Crippen LogP contribution in [0.2, 0.25) is 10.0 Å². The van der Waals surface area contributed by atoms with E-state index in [-0.39, 0.29) is 6.04 Å². The van der Waals surface area contributed by atoms with Gasteiger partial charge in [-0.2, -0.15) is 5.10 Å². The van der Waals surface area contributed by atoms with E-state index in [9.17, 15) is 0 Å². The van der Waals surface area contributed by atoms with Gasteiger partial charge in [0.2, 0.25) is 0 Å². The average molecular weight is 326 g/mol. The number of aryl methyl sites for hydroxylation is 2. The van der Waals surface area contributed by atoms with Gasteiger partial charge >= 0.3 is 0 Å². The molecule has 2 rings (SSSR count). The summed E-state index contributed by atoms with van der Waals surface area (Å²) in [6.07, 6.45) is 2.46. The molecule has 2 N–H and O–H groups in total. The van der Waals surface area contributed by atoms with E-state index in [1.165, 1.54) is 5.69 Å². The Morgan fingerprint density at radius 2 is 1.95 bits per heavy atom. The van der Waals surface area contributed by atoms with Gasteiger partial charge in [-0.25, -0.2) is 0 Å². The number of hydrogen-bond donors (Lipinski definition) is 1. The highest BCUT2D eigenvalue weighted by Crippen LogP contribution is 2.22. The van der Waals surface area contributed by atoms with Gasteiger partial charge < -0.3 is 5.73 Å². The molecule has 0 amide bonds. The quantitative estimate of drug-likeness (QED) is 0.875. The smallest absolute Gasteiger partial charge is 0.0624 e. The van der Waals surface area contributed by atoms with Crippen LogP contribution in [0.5, 0.6) is 0 Å². The first-order valence-corrected chi connectivity index (χ1v) is 8.04. The Balaban J connectivity index is 2.07. The van der Waals surface area contributed by atoms with Crippen LogP contribution in [0.3, 0.4) is 0 Å². The van der Waals surface area contributed by atoms with Crippen LogP contribution < -0.4 is 5.73 Å². The lowest BCUT2D eigenvalue weighted by Crippen LogP contribution is -2.27. The van der Waals surface area contributed by atoms with Gasteiger partial charge in [-0.1, -0.05) is 36.2 Å². The number of rotatable bonds is 6. The Labute approximate surface area is 136 Å². The summed E-state index contributed by atoms with van der Waals surface area (Å²) in [7, 11) is 0. The first-order valence-electron chi connectivity index (χ1n) is 7.28. The van der Waals surface area contributed by atoms with Gasteiger partial charge in [0.25, 0.3) is 0 Å². The summed E-state index contributed by atoms with van der Waals surface area (Å²) < 4.78 is 2.03. The molecule has 114 valence electrons. The van der Waals surface area contributed by atoms with E-state index >= 15 is 0 Å². The molecule has 0 spiro atoms. The van der Waals surface area contributed by atoms with Crippen LogP contribution in [0.4, 0.5) is 0 Å². The molecule has 0 bridgehead atoms. The van der Waals surface area contributed by atoms with Gasteiger partial charge in [0.15, 0.2) is 0 Å². The third-order valence-electron chi connectivity index (χ3n) is 3.54. The number of halogens is 2. The second-order valence-corrected chi connectivity index (χ2v) is 6.04. The molecule has 2 aromatic rings. The van der Waals surface area contributed by atoms with Crippen LogP contribution in [0.15, 0.2) is 24.3 Å². The van der Waals surface area contributed by atoms with Crippen LogP contribution in [-0.4, -0.2) is 15.8 Å². The van der Waals surface area contributed by atoms with Crippen molar-refractivity contribution < 1.29 is 0 Å². The molecule has 21 heavy (non-hydrogen) atoms. The van der Waals surface area contributed by atoms with E-state index in [0.717, 1.165) is 37.1 Å². The average Bonchev–Trinajstić information content (AvgIpc) is 2.84. The zero-order chi connectivity index (χ0) is 15.4. The summed E-state index contributed by atoms with van der Waals surface area (Å²) in [6.45, 7) is 5.07. The highest BCUT2D eigenvalue weighted by Gasteiger charge is 2.13. The second kappa shape index (κ2) is 7.30. The first-order chi connectivity index (χ1) is 10.0. The molecule has 1 atom stereocenters. The van der Waals surface area contributed by atoms with Crippen LogP contribution in [-0.2, 0) is 25.8 Å². The zero-order valence-electron chi connectivity index (χ0n) is 12.4. The van der Waals surface area contributed by atoms with Crippen LogP contribution in [0, 0.1) is 0 Å². The Bertz CT molecular complexity index is 608. The van der Waals surface area contributed by atoms with Crippen molar-refractivity contribution in [2.75, 3.05) is 0 Å². The minimum Gasteiger partial charge on any atom is -0.327 e. The largest absolute Gasteiger partial charge is 0.327 e. The van der Waals surface area contributed by atoms with Crippen LogP contribution in [0.25, 0.3) is 0 Å². The summed E-state index contributed by atoms with van der Waals surface area (Å²) in [6, 6.07) is 7.71. The molecule has 0 saturated carbocycles. The van der Waals surface area contributed by atoms with Gasteiger partial charge in [-0.15, -0.1) is 0 Å². The van der Waals surface area contributed by atoms with Gasteiger partial charge in [-0.3, -0.25) is 4.68 Å². The Morgan fingerprint density at radius 1 is 1.19 bits per heavy atom. The fraction of sp³-hybridized carbons (Fsp3) is 0.438. The standard InChI is InChI=1S/C16H21Cl2N3/c1-3-14-10-15(21(4-2)20-14)9-13(19)7-11-5-6-12(17)8-16(11)18/h5-6,8,10,13H,3-4,7,9,19H2,1-2H3. The molecule has 0 radical (unpaired) electrons. The monoisotopic (exact) mass is 325 g/mol. The first kappa shape index (κ1) is 16.3. The fourth-order valence-electron chi connectivity index (χ4n) is 2.44. The van der Waals surface area contributed by atoms with Crippen molar-refractivity contribution in [3.8, 4) is 0 Å². The molecule has 1 aromatic carbocycles. The summed E-state index contributed by atoms with van der Waals surface area (Å²) >= 11 is 12.1. The highest BCUT2D eigenvalue weighted by atomic mass is 35.5. The molecule has 1 unspecified atom stereocenters. The molecule has 0 aliphatic carbocycles. The normalized spacial score (nSPS) is 12.6. The van der Waals surface area contributed by atoms with Crippen molar-refractivity contribution >= 4 is 23.2 Å². The molecular weight excluding hydrogens is 305 g/mol. The Morgan fingerprint density at radius 3 is 2.57 bits per heavy atom. The summed E-state index contributed by atoms with van der Waals surface area (Å²) in [5.74, 6) is 0. The number of nitrogens with two attached hydrogens (primary N) is 1. The van der Waals surface area contributed by atoms with Crippen molar-refractivity contribution in [2.24, 2.45) is 5.73 Å². The molecule has 0 aliphatic rings. The number of nitrogens with zero attached hydrogens (tertiary/aromatic N) is 2. The van der Waals surface area contributed by atoms with Crippen LogP contribution in [0.1, 0.15) is 30.8 Å². The number of aromatic nitrogens is 2. The van der Waals surface area contributed by atoms with E-state index in [2.05, 4.69) is 25.0 Å². The minimum atomic E-state index is 0.00961. The molecule has 0 saturated heterocycles. The lowest BCUT2D eigenvalue weighted by Gasteiger charge is -2.13. The Kier molecular flexibility index (Phi) is 5.68. The molecule has 3 nitrogen and oxygen atoms in total. The van der Waals surface area contributed by atoms with Crippen molar-refractivity contribution in [3.05, 3.63) is 51.3 Å². The maximum atomic E-state index is 6.29. The molecule has 0 aliphatic heterocycles. The van der Waals surface area contributed by atoms with Gasteiger partial charge in [0, 0.05) is 34.7 Å². The van der Waals surface area contributed by atoms with Crippen LogP contribution >= 0.6 is 23.2 Å². The van der Waals surface area contributed by atoms with Gasteiger partial charge in [0.1, 0.15) is 0 Å². The zero-order valence-corrected chi connectivity index (χ0v) is 14.0. The summed E-state index contributed by atoms with van der Waals surface area (Å²) in [5.41, 5.74) is 9.62. The lowest BCUT2D eigenvalue weighted by atomic mass is 10.0. The third-order valence-corrected chi connectivity index (χ3v) is 4.13. The predicted molar refractivity (Wildman–Crippen MR) is 89.1 cm³/mol. The van der Waals surface area contributed by atoms with Crippen molar-refractivity contribution in [2.45, 2.75) is 45.7 Å². The third kappa shape index (κ3) is 4.22. The topological polar surface area (TPSA) is 43.8 Å². The van der Waals surface area contributed by atoms with Gasteiger partial charge in [-0.05, 0) is 43.5 Å². The fourth-order valence-corrected chi connectivity index (χ4v) is 2.92. The summed E-state index contributed by atoms with van der Waals surface area (Å²) in [4.78, 5) is 0. The number of benzene rings is 1.